The molecule has 1 heterocycles. The van der Waals surface area contributed by atoms with Crippen molar-refractivity contribution >= 4 is 17.9 Å². The first-order valence-electron chi connectivity index (χ1n) is 4.80. The molecule has 1 rings (SSSR count). The Kier molecular flexibility index (Phi) is 3.94. The molecule has 0 aromatic rings. The van der Waals surface area contributed by atoms with Gasteiger partial charge < -0.3 is 0 Å². The molecule has 1 aliphatic rings. The lowest BCUT2D eigenvalue weighted by Crippen LogP contribution is -2.31. The summed E-state index contributed by atoms with van der Waals surface area (Å²) in [6.45, 7) is 1.78. The van der Waals surface area contributed by atoms with Crippen molar-refractivity contribution < 1.29 is 14.4 Å². The highest BCUT2D eigenvalue weighted by molar-refractivity contribution is 6.16. The summed E-state index contributed by atoms with van der Waals surface area (Å²) in [5.41, 5.74) is 0.503. The molecule has 5 nitrogen and oxygen atoms in total. The Balaban J connectivity index is 2.65. The minimum atomic E-state index is -0.398. The molecule has 0 aromatic carbocycles. The van der Waals surface area contributed by atoms with Crippen molar-refractivity contribution in [1.82, 2.24) is 4.90 Å². The number of hydrogen-bond acceptors (Lipinski definition) is 4. The Morgan fingerprint density at radius 3 is 2.80 bits per heavy atom. The van der Waals surface area contributed by atoms with E-state index in [1.54, 1.807) is 0 Å². The average molecular weight is 208 g/mol. The van der Waals surface area contributed by atoms with Gasteiger partial charge >= 0.3 is 0 Å². The van der Waals surface area contributed by atoms with Crippen LogP contribution in [0.3, 0.4) is 0 Å². The molecule has 0 aromatic heterocycles. The molecule has 0 saturated carbocycles. The van der Waals surface area contributed by atoms with Gasteiger partial charge in [-0.15, -0.1) is 0 Å². The molecule has 5 heteroatoms. The lowest BCUT2D eigenvalue weighted by molar-refractivity contribution is -0.137. The zero-order valence-electron chi connectivity index (χ0n) is 8.52. The number of isocyanates is 1. The summed E-state index contributed by atoms with van der Waals surface area (Å²) in [7, 11) is 0. The van der Waals surface area contributed by atoms with E-state index < -0.39 is 5.91 Å². The smallest absolute Gasteiger partial charge is 0.258 e. The van der Waals surface area contributed by atoms with Crippen LogP contribution in [0.25, 0.3) is 0 Å². The van der Waals surface area contributed by atoms with Gasteiger partial charge in [-0.3, -0.25) is 14.5 Å². The SMILES string of the molecule is CCCCC1=CC(=O)N(CN=C=O)C1=O. The summed E-state index contributed by atoms with van der Waals surface area (Å²) in [5, 5.41) is 0. The summed E-state index contributed by atoms with van der Waals surface area (Å²) in [6.07, 6.45) is 5.05. The summed E-state index contributed by atoms with van der Waals surface area (Å²) in [6, 6.07) is 0. The minimum Gasteiger partial charge on any atom is -0.269 e. The fourth-order valence-corrected chi connectivity index (χ4v) is 1.34. The summed E-state index contributed by atoms with van der Waals surface area (Å²) in [5.74, 6) is -0.738. The molecule has 0 radical (unpaired) electrons. The Morgan fingerprint density at radius 2 is 2.20 bits per heavy atom. The van der Waals surface area contributed by atoms with Crippen LogP contribution in [-0.2, 0) is 14.4 Å². The van der Waals surface area contributed by atoms with E-state index >= 15 is 0 Å². The molecular formula is C10H12N2O3. The molecule has 0 bridgehead atoms. The summed E-state index contributed by atoms with van der Waals surface area (Å²) in [4.78, 5) is 36.9. The molecule has 0 atom stereocenters. The van der Waals surface area contributed by atoms with E-state index in [9.17, 15) is 14.4 Å². The molecule has 0 N–H and O–H groups in total. The second kappa shape index (κ2) is 5.22. The molecule has 0 unspecified atom stereocenters. The number of rotatable bonds is 5. The van der Waals surface area contributed by atoms with Crippen LogP contribution in [-0.4, -0.2) is 29.5 Å². The van der Waals surface area contributed by atoms with Gasteiger partial charge in [-0.1, -0.05) is 13.3 Å². The van der Waals surface area contributed by atoms with Crippen LogP contribution in [0.15, 0.2) is 16.6 Å². The third-order valence-electron chi connectivity index (χ3n) is 2.16. The van der Waals surface area contributed by atoms with Gasteiger partial charge in [0.2, 0.25) is 6.08 Å². The zero-order valence-corrected chi connectivity index (χ0v) is 8.52. The highest BCUT2D eigenvalue weighted by Crippen LogP contribution is 2.17. The first-order valence-corrected chi connectivity index (χ1v) is 4.80. The van der Waals surface area contributed by atoms with E-state index in [0.717, 1.165) is 17.7 Å². The second-order valence-electron chi connectivity index (χ2n) is 3.24. The maximum Gasteiger partial charge on any atom is 0.258 e. The van der Waals surface area contributed by atoms with E-state index in [2.05, 4.69) is 4.99 Å². The molecule has 0 spiro atoms. The highest BCUT2D eigenvalue weighted by atomic mass is 16.2. The van der Waals surface area contributed by atoms with Gasteiger partial charge in [-0.05, 0) is 12.8 Å². The molecule has 15 heavy (non-hydrogen) atoms. The topological polar surface area (TPSA) is 66.8 Å². The van der Waals surface area contributed by atoms with E-state index in [1.165, 1.54) is 12.2 Å². The molecule has 0 fully saturated rings. The average Bonchev–Trinajstić information content (AvgIpc) is 2.49. The van der Waals surface area contributed by atoms with Crippen molar-refractivity contribution in [2.75, 3.05) is 6.67 Å². The number of hydrogen-bond donors (Lipinski definition) is 0. The van der Waals surface area contributed by atoms with Crippen molar-refractivity contribution in [3.8, 4) is 0 Å². The van der Waals surface area contributed by atoms with Gasteiger partial charge in [-0.2, -0.15) is 4.99 Å². The second-order valence-corrected chi connectivity index (χ2v) is 3.24. The molecule has 2 amide bonds. The van der Waals surface area contributed by atoms with Crippen molar-refractivity contribution in [1.29, 1.82) is 0 Å². The largest absolute Gasteiger partial charge is 0.269 e. The number of carbonyl (C=O) groups is 2. The van der Waals surface area contributed by atoms with Crippen LogP contribution >= 0.6 is 0 Å². The predicted octanol–water partition coefficient (Wildman–Crippen LogP) is 0.765. The molecular weight excluding hydrogens is 196 g/mol. The highest BCUT2D eigenvalue weighted by Gasteiger charge is 2.29. The van der Waals surface area contributed by atoms with Gasteiger partial charge in [0.25, 0.3) is 11.8 Å². The number of nitrogens with zero attached hydrogens (tertiary/aromatic N) is 2. The molecule has 80 valence electrons. The maximum atomic E-state index is 11.6. The number of amides is 2. The van der Waals surface area contributed by atoms with Crippen molar-refractivity contribution in [2.24, 2.45) is 4.99 Å². The number of carbonyl (C=O) groups excluding carboxylic acids is 3. The lowest BCUT2D eigenvalue weighted by atomic mass is 10.1. The van der Waals surface area contributed by atoms with Gasteiger partial charge in [0.05, 0.1) is 0 Å². The van der Waals surface area contributed by atoms with E-state index in [4.69, 9.17) is 0 Å². The Morgan fingerprint density at radius 1 is 1.47 bits per heavy atom. The van der Waals surface area contributed by atoms with Crippen LogP contribution in [0.4, 0.5) is 0 Å². The van der Waals surface area contributed by atoms with Gasteiger partial charge in [0.15, 0.2) is 0 Å². The van der Waals surface area contributed by atoms with Crippen LogP contribution < -0.4 is 0 Å². The van der Waals surface area contributed by atoms with Crippen LogP contribution in [0.2, 0.25) is 0 Å². The number of aliphatic imine (C=N–C) groups is 1. The van der Waals surface area contributed by atoms with Crippen molar-refractivity contribution in [2.45, 2.75) is 26.2 Å². The third-order valence-corrected chi connectivity index (χ3v) is 2.16. The Bertz CT molecular complexity index is 354. The number of imide groups is 1. The van der Waals surface area contributed by atoms with Crippen molar-refractivity contribution in [3.05, 3.63) is 11.6 Å². The fraction of sp³-hybridized carbons (Fsp3) is 0.500. The van der Waals surface area contributed by atoms with Crippen molar-refractivity contribution in [3.63, 3.8) is 0 Å². The normalized spacial score (nSPS) is 15.3. The Labute approximate surface area is 87.5 Å². The minimum absolute atomic E-state index is 0.229. The first kappa shape index (κ1) is 11.3. The number of unbranched alkanes of at least 4 members (excludes halogenated alkanes) is 1. The Hall–Kier alpha value is -1.74. The summed E-state index contributed by atoms with van der Waals surface area (Å²) < 4.78 is 0. The molecule has 1 aliphatic heterocycles. The summed E-state index contributed by atoms with van der Waals surface area (Å²) >= 11 is 0. The monoisotopic (exact) mass is 208 g/mol. The van der Waals surface area contributed by atoms with Gasteiger partial charge in [0.1, 0.15) is 6.67 Å². The quantitative estimate of drug-likeness (QED) is 0.380. The standard InChI is InChI=1S/C10H12N2O3/c1-2-3-4-8-5-9(14)12(10(8)15)6-11-7-13/h5H,2-4,6H2,1H3. The van der Waals surface area contributed by atoms with Crippen LogP contribution in [0, 0.1) is 0 Å². The predicted molar refractivity (Wildman–Crippen MR) is 52.4 cm³/mol. The van der Waals surface area contributed by atoms with E-state index in [-0.39, 0.29) is 12.6 Å². The first-order chi connectivity index (χ1) is 7.20. The van der Waals surface area contributed by atoms with Gasteiger partial charge in [0, 0.05) is 11.6 Å². The van der Waals surface area contributed by atoms with Crippen LogP contribution in [0.5, 0.6) is 0 Å². The lowest BCUT2D eigenvalue weighted by Gasteiger charge is -2.09. The zero-order chi connectivity index (χ0) is 11.3. The van der Waals surface area contributed by atoms with E-state index in [0.29, 0.717) is 12.0 Å². The van der Waals surface area contributed by atoms with E-state index in [1.807, 2.05) is 6.92 Å². The third kappa shape index (κ3) is 2.60. The fourth-order valence-electron chi connectivity index (χ4n) is 1.34. The molecule has 0 aliphatic carbocycles. The van der Waals surface area contributed by atoms with Gasteiger partial charge in [-0.25, -0.2) is 4.79 Å². The maximum absolute atomic E-state index is 11.6. The van der Waals surface area contributed by atoms with Crippen LogP contribution in [0.1, 0.15) is 26.2 Å². The molecule has 0 saturated heterocycles.